The lowest BCUT2D eigenvalue weighted by Gasteiger charge is -2.27. The molecule has 8 nitrogen and oxygen atoms in total. The summed E-state index contributed by atoms with van der Waals surface area (Å²) in [5.74, 6) is 0.631. The van der Waals surface area contributed by atoms with E-state index in [0.29, 0.717) is 51.9 Å². The second-order valence-electron chi connectivity index (χ2n) is 6.96. The van der Waals surface area contributed by atoms with E-state index in [2.05, 4.69) is 20.3 Å². The number of hydrogen-bond donors (Lipinski definition) is 1. The molecule has 0 amide bonds. The first-order valence-corrected chi connectivity index (χ1v) is 9.65. The number of pyridine rings is 1. The fourth-order valence-corrected chi connectivity index (χ4v) is 3.32. The summed E-state index contributed by atoms with van der Waals surface area (Å²) >= 11 is 0. The third-order valence-electron chi connectivity index (χ3n) is 4.90. The molecule has 2 aromatic rings. The van der Waals surface area contributed by atoms with E-state index < -0.39 is 11.7 Å². The summed E-state index contributed by atoms with van der Waals surface area (Å²) in [5, 5.41) is 2.64. The molecular weight excluding hydrogens is 403 g/mol. The van der Waals surface area contributed by atoms with E-state index in [9.17, 15) is 13.2 Å². The highest BCUT2D eigenvalue weighted by Crippen LogP contribution is 2.38. The quantitative estimate of drug-likeness (QED) is 0.783. The van der Waals surface area contributed by atoms with Crippen LogP contribution in [-0.4, -0.2) is 67.6 Å². The van der Waals surface area contributed by atoms with Crippen LogP contribution in [0.25, 0.3) is 11.3 Å². The van der Waals surface area contributed by atoms with Crippen LogP contribution in [0.3, 0.4) is 0 Å². The van der Waals surface area contributed by atoms with Crippen LogP contribution in [0.1, 0.15) is 12.0 Å². The molecule has 30 heavy (non-hydrogen) atoms. The number of nitrogens with one attached hydrogen (secondary N) is 1. The fourth-order valence-electron chi connectivity index (χ4n) is 3.32. The van der Waals surface area contributed by atoms with E-state index in [1.165, 1.54) is 19.3 Å². The molecule has 4 rings (SSSR count). The molecule has 162 valence electrons. The minimum atomic E-state index is -4.58. The molecule has 1 N–H and O–H groups in total. The van der Waals surface area contributed by atoms with Gasteiger partial charge in [-0.2, -0.15) is 18.2 Å². The molecule has 0 spiro atoms. The lowest BCUT2D eigenvalue weighted by Crippen LogP contribution is -2.37. The van der Waals surface area contributed by atoms with E-state index in [-0.39, 0.29) is 29.1 Å². The first kappa shape index (κ1) is 20.6. The maximum atomic E-state index is 13.8. The molecule has 0 aromatic carbocycles. The van der Waals surface area contributed by atoms with Gasteiger partial charge in [0.1, 0.15) is 11.9 Å². The number of aromatic nitrogens is 3. The molecule has 11 heteroatoms. The Kier molecular flexibility index (Phi) is 5.91. The molecule has 4 heterocycles. The molecule has 2 aliphatic heterocycles. The number of morpholine rings is 1. The van der Waals surface area contributed by atoms with Crippen LogP contribution in [0.4, 0.5) is 24.9 Å². The zero-order valence-electron chi connectivity index (χ0n) is 16.4. The Balaban J connectivity index is 1.78. The Morgan fingerprint density at radius 3 is 2.60 bits per heavy atom. The number of ether oxygens (including phenoxy) is 3. The first-order valence-electron chi connectivity index (χ1n) is 9.65. The Hall–Kier alpha value is -2.66. The molecular formula is C19H22F3N5O3. The van der Waals surface area contributed by atoms with E-state index >= 15 is 0 Å². The zero-order valence-corrected chi connectivity index (χ0v) is 16.4. The van der Waals surface area contributed by atoms with E-state index in [4.69, 9.17) is 14.2 Å². The van der Waals surface area contributed by atoms with Crippen LogP contribution in [0.2, 0.25) is 0 Å². The van der Waals surface area contributed by atoms with Crippen molar-refractivity contribution >= 4 is 11.8 Å². The second kappa shape index (κ2) is 8.60. The Morgan fingerprint density at radius 1 is 1.13 bits per heavy atom. The molecule has 0 radical (unpaired) electrons. The maximum Gasteiger partial charge on any atom is 0.417 e. The predicted molar refractivity (Wildman–Crippen MR) is 103 cm³/mol. The average Bonchev–Trinajstić information content (AvgIpc) is 3.26. The number of anilines is 2. The Labute approximate surface area is 171 Å². The van der Waals surface area contributed by atoms with Crippen LogP contribution >= 0.6 is 0 Å². The van der Waals surface area contributed by atoms with E-state index in [1.54, 1.807) is 0 Å². The lowest BCUT2D eigenvalue weighted by molar-refractivity contribution is -0.137. The van der Waals surface area contributed by atoms with Crippen LogP contribution in [0, 0.1) is 0 Å². The number of hydrogen-bond acceptors (Lipinski definition) is 8. The number of halogens is 3. The molecule has 2 aliphatic rings. The molecule has 1 atom stereocenters. The van der Waals surface area contributed by atoms with Crippen LogP contribution < -0.4 is 15.0 Å². The first-order chi connectivity index (χ1) is 14.4. The highest BCUT2D eigenvalue weighted by molar-refractivity contribution is 5.67. The second-order valence-corrected chi connectivity index (χ2v) is 6.96. The van der Waals surface area contributed by atoms with Gasteiger partial charge in [-0.25, -0.2) is 9.97 Å². The normalized spacial score (nSPS) is 19.7. The van der Waals surface area contributed by atoms with Gasteiger partial charge in [-0.3, -0.25) is 0 Å². The van der Waals surface area contributed by atoms with Crippen LogP contribution in [0.15, 0.2) is 18.3 Å². The van der Waals surface area contributed by atoms with Gasteiger partial charge in [0.2, 0.25) is 11.8 Å². The summed E-state index contributed by atoms with van der Waals surface area (Å²) in [6.07, 6.45) is -2.91. The Morgan fingerprint density at radius 2 is 1.93 bits per heavy atom. The standard InChI is InChI=1S/C19H22F3N5O3/c1-23-16-8-14(19(20,21)22)13(10-24-16)15-9-17(30-12-2-5-29-11-12)26-18(25-15)27-3-6-28-7-4-27/h8-10,12H,2-7,11H2,1H3,(H,23,24)/t12-/m1/s1. The van der Waals surface area contributed by atoms with Crippen molar-refractivity contribution < 1.29 is 27.4 Å². The minimum absolute atomic E-state index is 0.0999. The van der Waals surface area contributed by atoms with E-state index in [0.717, 1.165) is 6.07 Å². The van der Waals surface area contributed by atoms with Gasteiger partial charge in [0.15, 0.2) is 0 Å². The highest BCUT2D eigenvalue weighted by Gasteiger charge is 2.35. The van der Waals surface area contributed by atoms with Gasteiger partial charge < -0.3 is 24.4 Å². The summed E-state index contributed by atoms with van der Waals surface area (Å²) in [5.41, 5.74) is -0.863. The van der Waals surface area contributed by atoms with Crippen molar-refractivity contribution in [3.05, 3.63) is 23.9 Å². The van der Waals surface area contributed by atoms with Gasteiger partial charge in [0.05, 0.1) is 37.7 Å². The molecule has 0 unspecified atom stereocenters. The van der Waals surface area contributed by atoms with Crippen molar-refractivity contribution in [1.29, 1.82) is 0 Å². The largest absolute Gasteiger partial charge is 0.472 e. The summed E-state index contributed by atoms with van der Waals surface area (Å²) in [6.45, 7) is 3.06. The highest BCUT2D eigenvalue weighted by atomic mass is 19.4. The van der Waals surface area contributed by atoms with Crippen LogP contribution in [0.5, 0.6) is 5.88 Å². The lowest BCUT2D eigenvalue weighted by atomic mass is 10.1. The van der Waals surface area contributed by atoms with Crippen LogP contribution in [-0.2, 0) is 15.7 Å². The Bertz CT molecular complexity index is 884. The van der Waals surface area contributed by atoms with Gasteiger partial charge >= 0.3 is 6.18 Å². The van der Waals surface area contributed by atoms with Crippen molar-refractivity contribution in [3.8, 4) is 17.1 Å². The van der Waals surface area contributed by atoms with Crippen molar-refractivity contribution in [2.75, 3.05) is 56.8 Å². The molecule has 2 saturated heterocycles. The topological polar surface area (TPSA) is 81.6 Å². The average molecular weight is 425 g/mol. The van der Waals surface area contributed by atoms with Crippen molar-refractivity contribution in [3.63, 3.8) is 0 Å². The molecule has 0 aliphatic carbocycles. The van der Waals surface area contributed by atoms with Gasteiger partial charge in [-0.1, -0.05) is 0 Å². The van der Waals surface area contributed by atoms with Gasteiger partial charge in [0, 0.05) is 44.4 Å². The fraction of sp³-hybridized carbons (Fsp3) is 0.526. The molecule has 2 fully saturated rings. The third-order valence-corrected chi connectivity index (χ3v) is 4.90. The molecule has 0 bridgehead atoms. The zero-order chi connectivity index (χ0) is 21.1. The van der Waals surface area contributed by atoms with Gasteiger partial charge in [-0.15, -0.1) is 0 Å². The summed E-state index contributed by atoms with van der Waals surface area (Å²) < 4.78 is 57.8. The minimum Gasteiger partial charge on any atom is -0.472 e. The smallest absolute Gasteiger partial charge is 0.417 e. The van der Waals surface area contributed by atoms with Crippen molar-refractivity contribution in [2.24, 2.45) is 0 Å². The number of rotatable bonds is 5. The van der Waals surface area contributed by atoms with Gasteiger partial charge in [0.25, 0.3) is 0 Å². The maximum absolute atomic E-state index is 13.8. The summed E-state index contributed by atoms with van der Waals surface area (Å²) in [4.78, 5) is 14.8. The monoisotopic (exact) mass is 425 g/mol. The predicted octanol–water partition coefficient (Wildman–Crippen LogP) is 2.60. The molecule has 2 aromatic heterocycles. The summed E-state index contributed by atoms with van der Waals surface area (Å²) in [7, 11) is 1.51. The van der Waals surface area contributed by atoms with Crippen molar-refractivity contribution in [2.45, 2.75) is 18.7 Å². The van der Waals surface area contributed by atoms with Crippen molar-refractivity contribution in [1.82, 2.24) is 15.0 Å². The number of nitrogens with zero attached hydrogens (tertiary/aromatic N) is 4. The third kappa shape index (κ3) is 4.57. The summed E-state index contributed by atoms with van der Waals surface area (Å²) in [6, 6.07) is 2.39. The molecule has 0 saturated carbocycles. The van der Waals surface area contributed by atoms with E-state index in [1.807, 2.05) is 4.90 Å². The number of alkyl halides is 3. The SMILES string of the molecule is CNc1cc(C(F)(F)F)c(-c2cc(O[C@@H]3CCOC3)nc(N3CCOCC3)n2)cn1. The van der Waals surface area contributed by atoms with Gasteiger partial charge in [-0.05, 0) is 6.07 Å².